The molecule has 2 aromatic rings. The maximum Gasteiger partial charge on any atom is 0.409 e. The number of hydrogen-bond acceptors (Lipinski definition) is 4. The number of aromatic nitrogens is 2. The highest BCUT2D eigenvalue weighted by atomic mass is 16.5. The first kappa shape index (κ1) is 18.2. The van der Waals surface area contributed by atoms with Crippen molar-refractivity contribution in [3.8, 4) is 0 Å². The molecule has 0 spiro atoms. The monoisotopic (exact) mass is 358 g/mol. The van der Waals surface area contributed by atoms with Crippen molar-refractivity contribution in [1.29, 1.82) is 0 Å². The van der Waals surface area contributed by atoms with Crippen molar-refractivity contribution in [3.63, 3.8) is 0 Å². The molecule has 0 radical (unpaired) electrons. The van der Waals surface area contributed by atoms with Crippen molar-refractivity contribution in [2.75, 3.05) is 33.3 Å². The van der Waals surface area contributed by atoms with Crippen LogP contribution in [0.15, 0.2) is 18.2 Å². The Morgan fingerprint density at radius 3 is 2.42 bits per heavy atom. The fourth-order valence-electron chi connectivity index (χ4n) is 3.58. The molecule has 2 amide bonds. The molecule has 1 aromatic carbocycles. The minimum atomic E-state index is -0.335. The maximum atomic E-state index is 12.6. The van der Waals surface area contributed by atoms with Gasteiger partial charge in [0.15, 0.2) is 0 Å². The number of amides is 2. The van der Waals surface area contributed by atoms with Crippen LogP contribution in [0.5, 0.6) is 0 Å². The van der Waals surface area contributed by atoms with Crippen molar-refractivity contribution in [3.05, 3.63) is 29.6 Å². The molecule has 0 unspecified atom stereocenters. The van der Waals surface area contributed by atoms with Crippen molar-refractivity contribution in [2.45, 2.75) is 33.2 Å². The molecule has 1 aromatic heterocycles. The van der Waals surface area contributed by atoms with Crippen LogP contribution in [0.2, 0.25) is 0 Å². The smallest absolute Gasteiger partial charge is 0.409 e. The molecule has 0 bridgehead atoms. The van der Waals surface area contributed by atoms with Gasteiger partial charge in [-0.1, -0.05) is 6.07 Å². The lowest BCUT2D eigenvalue weighted by molar-refractivity contribution is -0.132. The van der Waals surface area contributed by atoms with Gasteiger partial charge in [0.1, 0.15) is 5.82 Å². The van der Waals surface area contributed by atoms with Crippen LogP contribution in [0.3, 0.4) is 0 Å². The third-order valence-corrected chi connectivity index (χ3v) is 4.87. The molecule has 0 aliphatic carbocycles. The van der Waals surface area contributed by atoms with Crippen molar-refractivity contribution in [1.82, 2.24) is 19.4 Å². The van der Waals surface area contributed by atoms with E-state index in [4.69, 9.17) is 4.74 Å². The molecule has 1 aliphatic rings. The number of imidazole rings is 1. The van der Waals surface area contributed by atoms with E-state index in [2.05, 4.69) is 23.4 Å². The minimum Gasteiger partial charge on any atom is -0.453 e. The van der Waals surface area contributed by atoms with E-state index in [-0.39, 0.29) is 12.0 Å². The number of methoxy groups -OCH3 is 1. The molecule has 26 heavy (non-hydrogen) atoms. The van der Waals surface area contributed by atoms with E-state index in [0.29, 0.717) is 38.6 Å². The van der Waals surface area contributed by atoms with E-state index in [0.717, 1.165) is 22.4 Å². The van der Waals surface area contributed by atoms with E-state index in [1.54, 1.807) is 4.90 Å². The highest BCUT2D eigenvalue weighted by Gasteiger charge is 2.24. The summed E-state index contributed by atoms with van der Waals surface area (Å²) in [4.78, 5) is 32.2. The Morgan fingerprint density at radius 2 is 1.81 bits per heavy atom. The fourth-order valence-corrected chi connectivity index (χ4v) is 3.58. The van der Waals surface area contributed by atoms with Crippen LogP contribution in [0.25, 0.3) is 11.0 Å². The van der Waals surface area contributed by atoms with Crippen molar-refractivity contribution in [2.24, 2.45) is 0 Å². The lowest BCUT2D eigenvalue weighted by Gasteiger charge is -2.33. The highest BCUT2D eigenvalue weighted by Crippen LogP contribution is 2.22. The quantitative estimate of drug-likeness (QED) is 0.845. The van der Waals surface area contributed by atoms with E-state index in [9.17, 15) is 9.59 Å². The summed E-state index contributed by atoms with van der Waals surface area (Å²) in [5, 5.41) is 0. The molecule has 1 saturated heterocycles. The highest BCUT2D eigenvalue weighted by molar-refractivity contribution is 5.82. The number of aryl methyl sites for hydroxylation is 1. The van der Waals surface area contributed by atoms with Gasteiger partial charge >= 0.3 is 6.09 Å². The normalized spacial score (nSPS) is 15.0. The molecule has 2 heterocycles. The maximum absolute atomic E-state index is 12.6. The average Bonchev–Trinajstić information content (AvgIpc) is 2.96. The summed E-state index contributed by atoms with van der Waals surface area (Å²) >= 11 is 0. The number of fused-ring (bicyclic) bond motifs is 1. The van der Waals surface area contributed by atoms with Crippen LogP contribution in [0, 0.1) is 6.92 Å². The second kappa shape index (κ2) is 7.35. The Balaban J connectivity index is 1.67. The summed E-state index contributed by atoms with van der Waals surface area (Å²) in [6.45, 7) is 8.38. The number of carbonyl (C=O) groups excluding carboxylic acids is 2. The summed E-state index contributed by atoms with van der Waals surface area (Å²) in [6.07, 6.45) is 0.0144. The van der Waals surface area contributed by atoms with Crippen LogP contribution in [-0.4, -0.2) is 64.6 Å². The van der Waals surface area contributed by atoms with Crippen LogP contribution in [0.4, 0.5) is 4.79 Å². The van der Waals surface area contributed by atoms with E-state index < -0.39 is 0 Å². The average molecular weight is 358 g/mol. The molecule has 7 heteroatoms. The zero-order chi connectivity index (χ0) is 18.8. The van der Waals surface area contributed by atoms with E-state index in [1.165, 1.54) is 7.11 Å². The van der Waals surface area contributed by atoms with Gasteiger partial charge in [-0.2, -0.15) is 0 Å². The third kappa shape index (κ3) is 3.52. The molecule has 140 valence electrons. The molecule has 1 fully saturated rings. The van der Waals surface area contributed by atoms with Crippen molar-refractivity contribution >= 4 is 23.0 Å². The van der Waals surface area contributed by atoms with Crippen LogP contribution in [-0.2, 0) is 16.0 Å². The van der Waals surface area contributed by atoms with Gasteiger partial charge in [-0.15, -0.1) is 0 Å². The summed E-state index contributed by atoms with van der Waals surface area (Å²) in [6, 6.07) is 6.40. The largest absolute Gasteiger partial charge is 0.453 e. The predicted octanol–water partition coefficient (Wildman–Crippen LogP) is 2.38. The van der Waals surface area contributed by atoms with Gasteiger partial charge in [-0.25, -0.2) is 9.78 Å². The Bertz CT molecular complexity index is 820. The zero-order valence-electron chi connectivity index (χ0n) is 15.9. The molecule has 3 rings (SSSR count). The standard InChI is InChI=1S/C19H26N4O3/c1-13(2)23-14(3)20-16-11-15(5-6-17(16)23)12-18(24)21-7-9-22(10-8-21)19(25)26-4/h5-6,11,13H,7-10,12H2,1-4H3. The molecule has 0 N–H and O–H groups in total. The molecular formula is C19H26N4O3. The number of benzene rings is 1. The second-order valence-electron chi connectivity index (χ2n) is 6.96. The van der Waals surface area contributed by atoms with Crippen LogP contribution in [0.1, 0.15) is 31.3 Å². The van der Waals surface area contributed by atoms with Gasteiger partial charge in [0.25, 0.3) is 0 Å². The van der Waals surface area contributed by atoms with Gasteiger partial charge in [-0.3, -0.25) is 4.79 Å². The third-order valence-electron chi connectivity index (χ3n) is 4.87. The summed E-state index contributed by atoms with van der Waals surface area (Å²) in [7, 11) is 1.37. The summed E-state index contributed by atoms with van der Waals surface area (Å²) in [5.41, 5.74) is 2.99. The predicted molar refractivity (Wildman–Crippen MR) is 99.1 cm³/mol. The molecular weight excluding hydrogens is 332 g/mol. The van der Waals surface area contributed by atoms with Gasteiger partial charge in [0, 0.05) is 32.2 Å². The second-order valence-corrected chi connectivity index (χ2v) is 6.96. The lowest BCUT2D eigenvalue weighted by Crippen LogP contribution is -2.50. The SMILES string of the molecule is COC(=O)N1CCN(C(=O)Cc2ccc3c(c2)nc(C)n3C(C)C)CC1. The minimum absolute atomic E-state index is 0.0777. The first-order valence-corrected chi connectivity index (χ1v) is 8.99. The number of nitrogens with zero attached hydrogens (tertiary/aromatic N) is 4. The Hall–Kier alpha value is -2.57. The Morgan fingerprint density at radius 1 is 1.15 bits per heavy atom. The van der Waals surface area contributed by atoms with E-state index >= 15 is 0 Å². The van der Waals surface area contributed by atoms with Crippen LogP contribution >= 0.6 is 0 Å². The van der Waals surface area contributed by atoms with Crippen molar-refractivity contribution < 1.29 is 14.3 Å². The number of hydrogen-bond donors (Lipinski definition) is 0. The Kier molecular flexibility index (Phi) is 5.15. The lowest BCUT2D eigenvalue weighted by atomic mass is 10.1. The summed E-state index contributed by atoms with van der Waals surface area (Å²) in [5.74, 6) is 1.06. The topological polar surface area (TPSA) is 67.7 Å². The molecule has 0 atom stereocenters. The number of piperazine rings is 1. The number of ether oxygens (including phenoxy) is 1. The number of rotatable bonds is 3. The first-order valence-electron chi connectivity index (χ1n) is 8.99. The summed E-state index contributed by atoms with van der Waals surface area (Å²) < 4.78 is 6.93. The first-order chi connectivity index (χ1) is 12.4. The van der Waals surface area contributed by atoms with Gasteiger partial charge in [0.2, 0.25) is 5.91 Å². The van der Waals surface area contributed by atoms with Crippen LogP contribution < -0.4 is 0 Å². The molecule has 0 saturated carbocycles. The number of carbonyl (C=O) groups is 2. The molecule has 7 nitrogen and oxygen atoms in total. The van der Waals surface area contributed by atoms with Gasteiger partial charge < -0.3 is 19.1 Å². The zero-order valence-corrected chi connectivity index (χ0v) is 15.9. The Labute approximate surface area is 153 Å². The molecule has 1 aliphatic heterocycles. The van der Waals surface area contributed by atoms with E-state index in [1.807, 2.05) is 30.0 Å². The van der Waals surface area contributed by atoms with Gasteiger partial charge in [0.05, 0.1) is 24.6 Å². The fraction of sp³-hybridized carbons (Fsp3) is 0.526. The van der Waals surface area contributed by atoms with Gasteiger partial charge in [-0.05, 0) is 38.5 Å².